The van der Waals surface area contributed by atoms with E-state index in [9.17, 15) is 22.4 Å². The molecule has 0 spiro atoms. The van der Waals surface area contributed by atoms with Crippen molar-refractivity contribution in [2.75, 3.05) is 14.2 Å². The molecule has 19 heavy (non-hydrogen) atoms. The minimum absolute atomic E-state index is 0.0502. The average molecular weight is 345 g/mol. The predicted molar refractivity (Wildman–Crippen MR) is 62.5 cm³/mol. The van der Waals surface area contributed by atoms with Crippen LogP contribution in [0.4, 0.5) is 17.6 Å². The standard InChI is InChI=1S/C11H9BrF4O3/c1-18-7-4-6(12)8(19-2)3-5(7)9(17)11(15,16)10(13)14/h3-4,10H,1-2H3. The third-order valence-electron chi connectivity index (χ3n) is 2.30. The van der Waals surface area contributed by atoms with Crippen LogP contribution in [-0.4, -0.2) is 32.4 Å². The van der Waals surface area contributed by atoms with Crippen LogP contribution >= 0.6 is 15.9 Å². The topological polar surface area (TPSA) is 35.5 Å². The first-order valence-corrected chi connectivity index (χ1v) is 5.67. The van der Waals surface area contributed by atoms with E-state index in [0.29, 0.717) is 4.47 Å². The zero-order valence-corrected chi connectivity index (χ0v) is 11.4. The molecule has 1 aromatic carbocycles. The maximum Gasteiger partial charge on any atom is 0.369 e. The summed E-state index contributed by atoms with van der Waals surface area (Å²) in [6, 6.07) is 2.11. The van der Waals surface area contributed by atoms with Gasteiger partial charge in [-0.05, 0) is 28.1 Å². The van der Waals surface area contributed by atoms with E-state index < -0.39 is 23.7 Å². The van der Waals surface area contributed by atoms with E-state index in [0.717, 1.165) is 13.2 Å². The largest absolute Gasteiger partial charge is 0.496 e. The van der Waals surface area contributed by atoms with Crippen molar-refractivity contribution in [1.29, 1.82) is 0 Å². The normalized spacial score (nSPS) is 11.6. The number of rotatable bonds is 5. The van der Waals surface area contributed by atoms with Gasteiger partial charge in [0.05, 0.1) is 24.3 Å². The predicted octanol–water partition coefficient (Wildman–Crippen LogP) is 3.55. The molecule has 0 atom stereocenters. The summed E-state index contributed by atoms with van der Waals surface area (Å²) in [7, 11) is 2.37. The number of hydrogen-bond acceptors (Lipinski definition) is 3. The highest BCUT2D eigenvalue weighted by Crippen LogP contribution is 2.37. The monoisotopic (exact) mass is 344 g/mol. The molecule has 0 aromatic heterocycles. The molecule has 0 heterocycles. The smallest absolute Gasteiger partial charge is 0.369 e. The fourth-order valence-electron chi connectivity index (χ4n) is 1.32. The van der Waals surface area contributed by atoms with E-state index in [1.165, 1.54) is 13.2 Å². The number of hydrogen-bond donors (Lipinski definition) is 0. The summed E-state index contributed by atoms with van der Waals surface area (Å²) in [6.07, 6.45) is -4.10. The van der Waals surface area contributed by atoms with Crippen LogP contribution in [0, 0.1) is 0 Å². The van der Waals surface area contributed by atoms with Gasteiger partial charge in [-0.15, -0.1) is 0 Å². The molecular weight excluding hydrogens is 336 g/mol. The van der Waals surface area contributed by atoms with E-state index in [2.05, 4.69) is 15.9 Å². The van der Waals surface area contributed by atoms with Crippen LogP contribution in [-0.2, 0) is 0 Å². The summed E-state index contributed by atoms with van der Waals surface area (Å²) in [5.41, 5.74) is -0.673. The van der Waals surface area contributed by atoms with Gasteiger partial charge in [0.15, 0.2) is 0 Å². The van der Waals surface area contributed by atoms with Crippen LogP contribution in [0.3, 0.4) is 0 Å². The Bertz CT molecular complexity index is 491. The number of ether oxygens (including phenoxy) is 2. The number of carbonyl (C=O) groups is 1. The average Bonchev–Trinajstić information content (AvgIpc) is 2.37. The quantitative estimate of drug-likeness (QED) is 0.605. The van der Waals surface area contributed by atoms with Crippen molar-refractivity contribution in [2.45, 2.75) is 12.3 Å². The van der Waals surface area contributed by atoms with Crippen molar-refractivity contribution < 1.29 is 31.8 Å². The van der Waals surface area contributed by atoms with Gasteiger partial charge in [0, 0.05) is 0 Å². The number of alkyl halides is 4. The number of halogens is 5. The molecule has 3 nitrogen and oxygen atoms in total. The Labute approximate surface area is 114 Å². The molecule has 0 saturated heterocycles. The lowest BCUT2D eigenvalue weighted by Crippen LogP contribution is -2.36. The Hall–Kier alpha value is -1.31. The van der Waals surface area contributed by atoms with E-state index in [1.807, 2.05) is 0 Å². The summed E-state index contributed by atoms with van der Waals surface area (Å²) < 4.78 is 60.4. The van der Waals surface area contributed by atoms with Crippen molar-refractivity contribution in [3.05, 3.63) is 22.2 Å². The molecule has 1 rings (SSSR count). The van der Waals surface area contributed by atoms with Crippen molar-refractivity contribution in [3.8, 4) is 11.5 Å². The maximum atomic E-state index is 13.1. The molecule has 1 aromatic rings. The first-order valence-electron chi connectivity index (χ1n) is 4.88. The Morgan fingerprint density at radius 2 is 1.74 bits per heavy atom. The fraction of sp³-hybridized carbons (Fsp3) is 0.364. The molecule has 0 saturated carbocycles. The van der Waals surface area contributed by atoms with E-state index in [-0.39, 0.29) is 11.5 Å². The second kappa shape index (κ2) is 5.77. The summed E-state index contributed by atoms with van der Waals surface area (Å²) in [6.45, 7) is 0. The molecule has 0 aliphatic carbocycles. The fourth-order valence-corrected chi connectivity index (χ4v) is 1.80. The lowest BCUT2D eigenvalue weighted by molar-refractivity contribution is -0.0959. The third-order valence-corrected chi connectivity index (χ3v) is 2.92. The van der Waals surface area contributed by atoms with Gasteiger partial charge in [-0.25, -0.2) is 8.78 Å². The molecule has 0 aliphatic rings. The van der Waals surface area contributed by atoms with Crippen molar-refractivity contribution in [3.63, 3.8) is 0 Å². The first kappa shape index (κ1) is 15.7. The van der Waals surface area contributed by atoms with E-state index in [4.69, 9.17) is 9.47 Å². The highest BCUT2D eigenvalue weighted by atomic mass is 79.9. The van der Waals surface area contributed by atoms with Gasteiger partial charge >= 0.3 is 12.3 Å². The molecule has 0 bridgehead atoms. The number of carbonyl (C=O) groups excluding carboxylic acids is 1. The second-order valence-electron chi connectivity index (χ2n) is 3.44. The lowest BCUT2D eigenvalue weighted by Gasteiger charge is -2.17. The Morgan fingerprint density at radius 3 is 2.16 bits per heavy atom. The van der Waals surface area contributed by atoms with Gasteiger partial charge in [0.2, 0.25) is 5.78 Å². The number of ketones is 1. The third kappa shape index (κ3) is 2.99. The van der Waals surface area contributed by atoms with Crippen LogP contribution in [0.5, 0.6) is 11.5 Å². The Kier molecular flexibility index (Phi) is 4.78. The van der Waals surface area contributed by atoms with Crippen LogP contribution in [0.1, 0.15) is 10.4 Å². The van der Waals surface area contributed by atoms with E-state index in [1.54, 1.807) is 0 Å². The molecular formula is C11H9BrF4O3. The minimum atomic E-state index is -4.79. The maximum absolute atomic E-state index is 13.1. The van der Waals surface area contributed by atoms with Crippen molar-refractivity contribution in [2.24, 2.45) is 0 Å². The molecule has 0 unspecified atom stereocenters. The van der Waals surface area contributed by atoms with Crippen molar-refractivity contribution in [1.82, 2.24) is 0 Å². The molecule has 0 fully saturated rings. The molecule has 0 amide bonds. The van der Waals surface area contributed by atoms with Gasteiger partial charge in [-0.1, -0.05) is 0 Å². The highest BCUT2D eigenvalue weighted by molar-refractivity contribution is 9.10. The van der Waals surface area contributed by atoms with Crippen LogP contribution in [0.2, 0.25) is 0 Å². The van der Waals surface area contributed by atoms with Crippen LogP contribution in [0.25, 0.3) is 0 Å². The van der Waals surface area contributed by atoms with Gasteiger partial charge in [0.1, 0.15) is 11.5 Å². The van der Waals surface area contributed by atoms with Crippen LogP contribution < -0.4 is 9.47 Å². The second-order valence-corrected chi connectivity index (χ2v) is 4.29. The number of benzene rings is 1. The number of methoxy groups -OCH3 is 2. The molecule has 0 aliphatic heterocycles. The SMILES string of the molecule is COc1cc(C(=O)C(F)(F)C(F)F)c(OC)cc1Br. The van der Waals surface area contributed by atoms with Crippen LogP contribution in [0.15, 0.2) is 16.6 Å². The van der Waals surface area contributed by atoms with Gasteiger partial charge in [-0.3, -0.25) is 4.79 Å². The molecule has 0 N–H and O–H groups in total. The summed E-state index contributed by atoms with van der Waals surface area (Å²) >= 11 is 3.06. The van der Waals surface area contributed by atoms with Gasteiger partial charge in [-0.2, -0.15) is 8.78 Å². The van der Waals surface area contributed by atoms with E-state index >= 15 is 0 Å². The summed E-state index contributed by atoms with van der Waals surface area (Å²) in [5, 5.41) is 0. The highest BCUT2D eigenvalue weighted by Gasteiger charge is 2.50. The zero-order valence-electron chi connectivity index (χ0n) is 9.85. The molecule has 106 valence electrons. The summed E-state index contributed by atoms with van der Waals surface area (Å²) in [5.74, 6) is -7.01. The molecule has 0 radical (unpaired) electrons. The summed E-state index contributed by atoms with van der Waals surface area (Å²) in [4.78, 5) is 11.5. The first-order chi connectivity index (χ1) is 8.75. The number of Topliss-reactive ketones (excluding diaryl/α,β-unsaturated/α-hetero) is 1. The minimum Gasteiger partial charge on any atom is -0.496 e. The zero-order chi connectivity index (χ0) is 14.8. The lowest BCUT2D eigenvalue weighted by atomic mass is 10.0. The van der Waals surface area contributed by atoms with Gasteiger partial charge in [0.25, 0.3) is 0 Å². The molecule has 8 heteroatoms. The van der Waals surface area contributed by atoms with Crippen molar-refractivity contribution >= 4 is 21.7 Å². The Morgan fingerprint density at radius 1 is 1.21 bits per heavy atom. The van der Waals surface area contributed by atoms with Gasteiger partial charge < -0.3 is 9.47 Å². The Balaban J connectivity index is 3.37.